The van der Waals surface area contributed by atoms with Crippen LogP contribution in [0.3, 0.4) is 0 Å². The second-order valence-electron chi connectivity index (χ2n) is 3.49. The smallest absolute Gasteiger partial charge is 0.404 e. The Morgan fingerprint density at radius 2 is 2.18 bits per heavy atom. The van der Waals surface area contributed by atoms with Gasteiger partial charge in [-0.2, -0.15) is 0 Å². The number of hydrogen-bond acceptors (Lipinski definition) is 3. The molecule has 2 atom stereocenters. The van der Waals surface area contributed by atoms with Gasteiger partial charge in [-0.15, -0.1) is 0 Å². The van der Waals surface area contributed by atoms with Gasteiger partial charge in [-0.3, -0.25) is 0 Å². The van der Waals surface area contributed by atoms with Crippen LogP contribution in [0.2, 0.25) is 10.0 Å². The molecule has 1 aromatic rings. The average Bonchev–Trinajstić information content (AvgIpc) is 2.24. The number of amides is 1. The Morgan fingerprint density at radius 1 is 1.53 bits per heavy atom. The van der Waals surface area contributed by atoms with Gasteiger partial charge in [0.1, 0.15) is 12.2 Å². The lowest BCUT2D eigenvalue weighted by Gasteiger charge is -2.22. The Hall–Kier alpha value is -0.970. The number of hydrogen-bond donors (Lipinski definition) is 2. The molecule has 0 bridgehead atoms. The highest BCUT2D eigenvalue weighted by Crippen LogP contribution is 2.30. The molecule has 0 aliphatic heterocycles. The Morgan fingerprint density at radius 3 is 2.65 bits per heavy atom. The summed E-state index contributed by atoms with van der Waals surface area (Å²) < 4.78 is 4.80. The van der Waals surface area contributed by atoms with E-state index >= 15 is 0 Å². The van der Waals surface area contributed by atoms with Crippen molar-refractivity contribution in [2.75, 3.05) is 0 Å². The van der Waals surface area contributed by atoms with E-state index in [0.29, 0.717) is 22.0 Å². The van der Waals surface area contributed by atoms with Crippen molar-refractivity contribution < 1.29 is 14.6 Å². The van der Waals surface area contributed by atoms with Crippen LogP contribution >= 0.6 is 23.2 Å². The van der Waals surface area contributed by atoms with E-state index < -0.39 is 18.3 Å². The van der Waals surface area contributed by atoms with Crippen molar-refractivity contribution in [3.05, 3.63) is 33.8 Å². The third-order valence-electron chi connectivity index (χ3n) is 2.30. The summed E-state index contributed by atoms with van der Waals surface area (Å²) in [6.45, 7) is 1.76. The number of aliphatic hydroxyl groups is 1. The van der Waals surface area contributed by atoms with Crippen LogP contribution in [0.4, 0.5) is 4.79 Å². The maximum absolute atomic E-state index is 10.7. The molecule has 0 fully saturated rings. The molecular formula is C11H13Cl2NO3. The van der Waals surface area contributed by atoms with Crippen molar-refractivity contribution in [1.82, 2.24) is 0 Å². The quantitative estimate of drug-likeness (QED) is 0.889. The Kier molecular flexibility index (Phi) is 5.05. The van der Waals surface area contributed by atoms with Gasteiger partial charge in [-0.1, -0.05) is 36.2 Å². The molecule has 0 heterocycles. The van der Waals surface area contributed by atoms with E-state index in [1.165, 1.54) is 6.07 Å². The molecule has 6 heteroatoms. The van der Waals surface area contributed by atoms with Crippen LogP contribution in [0.25, 0.3) is 0 Å². The van der Waals surface area contributed by atoms with Gasteiger partial charge in [-0.25, -0.2) is 4.79 Å². The van der Waals surface area contributed by atoms with Crippen LogP contribution in [0.15, 0.2) is 18.2 Å². The molecule has 0 unspecified atom stereocenters. The van der Waals surface area contributed by atoms with Crippen molar-refractivity contribution in [3.63, 3.8) is 0 Å². The standard InChI is InChI=1S/C11H13Cl2NO3/c1-2-9(17-11(14)16)10(15)7-4-3-6(12)5-8(7)13/h3-5,9-10,15H,2H2,1H3,(H2,14,16)/t9-,10-/m1/s1. The van der Waals surface area contributed by atoms with E-state index in [2.05, 4.69) is 0 Å². The van der Waals surface area contributed by atoms with Gasteiger partial charge in [0.25, 0.3) is 0 Å². The fourth-order valence-electron chi connectivity index (χ4n) is 1.46. The van der Waals surface area contributed by atoms with Crippen molar-refractivity contribution in [3.8, 4) is 0 Å². The predicted octanol–water partition coefficient (Wildman–Crippen LogP) is 2.90. The van der Waals surface area contributed by atoms with E-state index in [1.807, 2.05) is 0 Å². The number of halogens is 2. The first-order valence-electron chi connectivity index (χ1n) is 5.04. The number of aliphatic hydroxyl groups excluding tert-OH is 1. The molecule has 17 heavy (non-hydrogen) atoms. The molecule has 0 aromatic heterocycles. The monoisotopic (exact) mass is 277 g/mol. The van der Waals surface area contributed by atoms with Gasteiger partial charge in [0.15, 0.2) is 0 Å². The first-order valence-corrected chi connectivity index (χ1v) is 5.80. The minimum absolute atomic E-state index is 0.316. The number of benzene rings is 1. The molecule has 0 radical (unpaired) electrons. The predicted molar refractivity (Wildman–Crippen MR) is 66.2 cm³/mol. The van der Waals surface area contributed by atoms with Crippen LogP contribution in [-0.2, 0) is 4.74 Å². The molecule has 0 saturated heterocycles. The summed E-state index contributed by atoms with van der Waals surface area (Å²) in [5.41, 5.74) is 5.37. The van der Waals surface area contributed by atoms with Gasteiger partial charge in [0.05, 0.1) is 0 Å². The summed E-state index contributed by atoms with van der Waals surface area (Å²) in [7, 11) is 0. The lowest BCUT2D eigenvalue weighted by molar-refractivity contribution is 0.00341. The zero-order valence-corrected chi connectivity index (χ0v) is 10.7. The normalized spacial score (nSPS) is 14.1. The highest BCUT2D eigenvalue weighted by atomic mass is 35.5. The van der Waals surface area contributed by atoms with Gasteiger partial charge < -0.3 is 15.6 Å². The first-order chi connectivity index (χ1) is 7.95. The van der Waals surface area contributed by atoms with Crippen LogP contribution in [0.1, 0.15) is 25.0 Å². The summed E-state index contributed by atoms with van der Waals surface area (Å²) in [5, 5.41) is 10.8. The van der Waals surface area contributed by atoms with Crippen LogP contribution in [-0.4, -0.2) is 17.3 Å². The molecule has 3 N–H and O–H groups in total. The van der Waals surface area contributed by atoms with Crippen LogP contribution in [0.5, 0.6) is 0 Å². The summed E-state index contributed by atoms with van der Waals surface area (Å²) in [6, 6.07) is 4.70. The fraction of sp³-hybridized carbons (Fsp3) is 0.364. The molecule has 4 nitrogen and oxygen atoms in total. The number of ether oxygens (including phenoxy) is 1. The molecule has 1 amide bonds. The molecular weight excluding hydrogens is 265 g/mol. The number of nitrogens with two attached hydrogens (primary N) is 1. The second-order valence-corrected chi connectivity index (χ2v) is 4.34. The molecule has 0 aliphatic carbocycles. The minimum Gasteiger partial charge on any atom is -0.443 e. The van der Waals surface area contributed by atoms with Gasteiger partial charge in [0.2, 0.25) is 0 Å². The van der Waals surface area contributed by atoms with E-state index in [-0.39, 0.29) is 0 Å². The highest BCUT2D eigenvalue weighted by Gasteiger charge is 2.24. The van der Waals surface area contributed by atoms with E-state index in [4.69, 9.17) is 33.7 Å². The third kappa shape index (κ3) is 3.77. The van der Waals surface area contributed by atoms with E-state index in [9.17, 15) is 9.90 Å². The average molecular weight is 278 g/mol. The van der Waals surface area contributed by atoms with Crippen molar-refractivity contribution >= 4 is 29.3 Å². The van der Waals surface area contributed by atoms with E-state index in [0.717, 1.165) is 0 Å². The topological polar surface area (TPSA) is 72.5 Å². The fourth-order valence-corrected chi connectivity index (χ4v) is 1.98. The van der Waals surface area contributed by atoms with Crippen molar-refractivity contribution in [2.45, 2.75) is 25.6 Å². The zero-order valence-electron chi connectivity index (χ0n) is 9.19. The van der Waals surface area contributed by atoms with Gasteiger partial charge >= 0.3 is 6.09 Å². The second kappa shape index (κ2) is 6.10. The largest absolute Gasteiger partial charge is 0.443 e. The summed E-state index contributed by atoms with van der Waals surface area (Å²) in [4.78, 5) is 10.7. The van der Waals surface area contributed by atoms with E-state index in [1.54, 1.807) is 19.1 Å². The molecule has 1 aromatic carbocycles. The molecule has 0 spiro atoms. The number of primary amides is 1. The highest BCUT2D eigenvalue weighted by molar-refractivity contribution is 6.35. The Balaban J connectivity index is 2.93. The Bertz CT molecular complexity index is 412. The molecule has 94 valence electrons. The number of carbonyl (C=O) groups excluding carboxylic acids is 1. The van der Waals surface area contributed by atoms with Crippen molar-refractivity contribution in [1.29, 1.82) is 0 Å². The summed E-state index contributed by atoms with van der Waals surface area (Å²) in [5.74, 6) is 0. The van der Waals surface area contributed by atoms with Gasteiger partial charge in [0, 0.05) is 15.6 Å². The summed E-state index contributed by atoms with van der Waals surface area (Å²) in [6.07, 6.45) is -2.27. The SMILES string of the molecule is CC[C@@H](OC(N)=O)[C@H](O)c1ccc(Cl)cc1Cl. The summed E-state index contributed by atoms with van der Waals surface area (Å²) >= 11 is 11.7. The molecule has 1 rings (SSSR count). The van der Waals surface area contributed by atoms with Gasteiger partial charge in [-0.05, 0) is 18.6 Å². The first kappa shape index (κ1) is 14.1. The lowest BCUT2D eigenvalue weighted by atomic mass is 10.0. The maximum Gasteiger partial charge on any atom is 0.404 e. The Labute approximate surface area is 109 Å². The third-order valence-corrected chi connectivity index (χ3v) is 2.87. The van der Waals surface area contributed by atoms with Crippen LogP contribution in [0, 0.1) is 0 Å². The van der Waals surface area contributed by atoms with Crippen molar-refractivity contribution in [2.24, 2.45) is 5.73 Å². The minimum atomic E-state index is -1.03. The molecule has 0 saturated carbocycles. The number of carbonyl (C=O) groups is 1. The molecule has 0 aliphatic rings. The van der Waals surface area contributed by atoms with Crippen LogP contribution < -0.4 is 5.73 Å². The lowest BCUT2D eigenvalue weighted by Crippen LogP contribution is -2.28. The zero-order chi connectivity index (χ0) is 13.0. The maximum atomic E-state index is 10.7. The number of rotatable bonds is 4.